The second kappa shape index (κ2) is 6.08. The molecule has 0 aliphatic carbocycles. The van der Waals surface area contributed by atoms with Gasteiger partial charge in [-0.2, -0.15) is 0 Å². The smallest absolute Gasteiger partial charge is 0.263 e. The lowest BCUT2D eigenvalue weighted by Crippen LogP contribution is -2.26. The summed E-state index contributed by atoms with van der Waals surface area (Å²) in [5, 5.41) is 0.508. The van der Waals surface area contributed by atoms with Crippen molar-refractivity contribution in [1.29, 1.82) is 0 Å². The van der Waals surface area contributed by atoms with Crippen molar-refractivity contribution in [3.8, 4) is 5.75 Å². The van der Waals surface area contributed by atoms with Gasteiger partial charge in [-0.15, -0.1) is 0 Å². The van der Waals surface area contributed by atoms with E-state index in [2.05, 4.69) is 15.9 Å². The quantitative estimate of drug-likeness (QED) is 0.922. The van der Waals surface area contributed by atoms with Crippen molar-refractivity contribution < 1.29 is 9.53 Å². The zero-order valence-electron chi connectivity index (χ0n) is 9.85. The monoisotopic (exact) mass is 339 g/mol. The maximum absolute atomic E-state index is 11.5. The van der Waals surface area contributed by atoms with Crippen LogP contribution < -0.4 is 10.5 Å². The number of ether oxygens (including phenoxy) is 1. The lowest BCUT2D eigenvalue weighted by molar-refractivity contribution is -0.125. The van der Waals surface area contributed by atoms with Gasteiger partial charge in [0.1, 0.15) is 5.75 Å². The van der Waals surface area contributed by atoms with Crippen molar-refractivity contribution in [2.45, 2.75) is 6.10 Å². The van der Waals surface area contributed by atoms with Gasteiger partial charge >= 0.3 is 0 Å². The number of primary amides is 1. The minimum absolute atomic E-state index is 0.487. The van der Waals surface area contributed by atoms with E-state index in [0.29, 0.717) is 16.3 Å². The molecule has 2 rings (SSSR count). The third-order valence-electron chi connectivity index (χ3n) is 2.51. The van der Waals surface area contributed by atoms with Crippen molar-refractivity contribution in [3.63, 3.8) is 0 Å². The largest absolute Gasteiger partial charge is 0.476 e. The van der Waals surface area contributed by atoms with Crippen molar-refractivity contribution in [2.75, 3.05) is 0 Å². The van der Waals surface area contributed by atoms with Gasteiger partial charge in [0.05, 0.1) is 5.02 Å². The fourth-order valence-corrected chi connectivity index (χ4v) is 2.02. The SMILES string of the molecule is NC(=O)C(Oc1ccc(Br)c(Cl)c1)c1ccccc1. The van der Waals surface area contributed by atoms with Gasteiger partial charge in [-0.3, -0.25) is 4.79 Å². The maximum Gasteiger partial charge on any atom is 0.263 e. The molecule has 0 saturated carbocycles. The summed E-state index contributed by atoms with van der Waals surface area (Å²) in [6.07, 6.45) is -0.835. The Morgan fingerprint density at radius 2 is 1.89 bits per heavy atom. The Balaban J connectivity index is 2.27. The molecular formula is C14H11BrClNO2. The summed E-state index contributed by atoms with van der Waals surface area (Å²) in [6, 6.07) is 14.2. The summed E-state index contributed by atoms with van der Waals surface area (Å²) in [4.78, 5) is 11.5. The number of halogens is 2. The van der Waals surface area contributed by atoms with E-state index in [9.17, 15) is 4.79 Å². The second-order valence-corrected chi connectivity index (χ2v) is 5.15. The first-order valence-corrected chi connectivity index (χ1v) is 6.71. The van der Waals surface area contributed by atoms with Crippen LogP contribution in [0.25, 0.3) is 0 Å². The third kappa shape index (κ3) is 3.49. The summed E-state index contributed by atoms with van der Waals surface area (Å²) in [6.45, 7) is 0. The fourth-order valence-electron chi connectivity index (χ4n) is 1.60. The van der Waals surface area contributed by atoms with Crippen LogP contribution >= 0.6 is 27.5 Å². The maximum atomic E-state index is 11.5. The lowest BCUT2D eigenvalue weighted by Gasteiger charge is -2.16. The topological polar surface area (TPSA) is 52.3 Å². The van der Waals surface area contributed by atoms with E-state index in [4.69, 9.17) is 22.1 Å². The van der Waals surface area contributed by atoms with Crippen LogP contribution in [-0.4, -0.2) is 5.91 Å². The van der Waals surface area contributed by atoms with E-state index in [1.165, 1.54) is 0 Å². The van der Waals surface area contributed by atoms with Gasteiger partial charge in [0.25, 0.3) is 5.91 Å². The Hall–Kier alpha value is -1.52. The normalized spacial score (nSPS) is 11.9. The molecule has 2 N–H and O–H groups in total. The van der Waals surface area contributed by atoms with Gasteiger partial charge in [0.15, 0.2) is 0 Å². The van der Waals surface area contributed by atoms with Crippen molar-refractivity contribution in [3.05, 3.63) is 63.6 Å². The van der Waals surface area contributed by atoms with E-state index in [1.807, 2.05) is 18.2 Å². The summed E-state index contributed by atoms with van der Waals surface area (Å²) in [5.41, 5.74) is 6.08. The number of carbonyl (C=O) groups excluding carboxylic acids is 1. The lowest BCUT2D eigenvalue weighted by atomic mass is 10.1. The third-order valence-corrected chi connectivity index (χ3v) is 3.74. The molecule has 1 unspecified atom stereocenters. The fraction of sp³-hybridized carbons (Fsp3) is 0.0714. The summed E-state index contributed by atoms with van der Waals surface area (Å²) in [5.74, 6) is -0.0638. The number of carbonyl (C=O) groups is 1. The van der Waals surface area contributed by atoms with Crippen LogP contribution in [0.2, 0.25) is 5.02 Å². The molecule has 0 heterocycles. The second-order valence-electron chi connectivity index (χ2n) is 3.89. The van der Waals surface area contributed by atoms with Gasteiger partial charge in [-0.25, -0.2) is 0 Å². The summed E-state index contributed by atoms with van der Waals surface area (Å²) in [7, 11) is 0. The molecule has 0 aromatic heterocycles. The summed E-state index contributed by atoms with van der Waals surface area (Å²) < 4.78 is 6.38. The van der Waals surface area contributed by atoms with Crippen molar-refractivity contribution in [2.24, 2.45) is 5.73 Å². The minimum atomic E-state index is -0.835. The molecule has 2 aromatic carbocycles. The Morgan fingerprint density at radius 1 is 1.21 bits per heavy atom. The molecule has 0 bridgehead atoms. The Labute approximate surface area is 124 Å². The Kier molecular flexibility index (Phi) is 4.45. The van der Waals surface area contributed by atoms with Gasteiger partial charge in [-0.1, -0.05) is 41.9 Å². The van der Waals surface area contributed by atoms with Crippen LogP contribution in [0, 0.1) is 0 Å². The number of hydrogen-bond acceptors (Lipinski definition) is 2. The van der Waals surface area contributed by atoms with Crippen LogP contribution in [0.1, 0.15) is 11.7 Å². The molecule has 2 aromatic rings. The molecule has 0 aliphatic heterocycles. The first-order chi connectivity index (χ1) is 9.08. The molecule has 0 fully saturated rings. The van der Waals surface area contributed by atoms with E-state index in [1.54, 1.807) is 30.3 Å². The van der Waals surface area contributed by atoms with E-state index < -0.39 is 12.0 Å². The Bertz CT molecular complexity index is 589. The van der Waals surface area contributed by atoms with E-state index in [-0.39, 0.29) is 0 Å². The van der Waals surface area contributed by atoms with Crippen molar-refractivity contribution >= 4 is 33.4 Å². The van der Waals surface area contributed by atoms with Gasteiger partial charge < -0.3 is 10.5 Å². The number of hydrogen-bond donors (Lipinski definition) is 1. The van der Waals surface area contributed by atoms with E-state index >= 15 is 0 Å². The molecule has 5 heteroatoms. The average Bonchev–Trinajstić information content (AvgIpc) is 2.40. The number of benzene rings is 2. The molecule has 98 valence electrons. The predicted molar refractivity (Wildman–Crippen MR) is 78.2 cm³/mol. The highest BCUT2D eigenvalue weighted by atomic mass is 79.9. The molecule has 0 radical (unpaired) electrons. The molecule has 1 amide bonds. The molecule has 3 nitrogen and oxygen atoms in total. The molecular weight excluding hydrogens is 330 g/mol. The highest BCUT2D eigenvalue weighted by Gasteiger charge is 2.19. The predicted octanol–water partition coefficient (Wildman–Crippen LogP) is 3.71. The molecule has 0 aliphatic rings. The molecule has 19 heavy (non-hydrogen) atoms. The first kappa shape index (κ1) is 13.9. The van der Waals surface area contributed by atoms with E-state index in [0.717, 1.165) is 4.47 Å². The zero-order valence-corrected chi connectivity index (χ0v) is 12.2. The van der Waals surface area contributed by atoms with Crippen LogP contribution in [0.4, 0.5) is 0 Å². The standard InChI is InChI=1S/C14H11BrClNO2/c15-11-7-6-10(8-12(11)16)19-13(14(17)18)9-4-2-1-3-5-9/h1-8,13H,(H2,17,18). The number of amides is 1. The zero-order chi connectivity index (χ0) is 13.8. The van der Waals surface area contributed by atoms with Crippen molar-refractivity contribution in [1.82, 2.24) is 0 Å². The van der Waals surface area contributed by atoms with Gasteiger partial charge in [0, 0.05) is 10.0 Å². The highest BCUT2D eigenvalue weighted by molar-refractivity contribution is 9.10. The molecule has 0 saturated heterocycles. The molecule has 0 spiro atoms. The number of nitrogens with two attached hydrogens (primary N) is 1. The summed E-state index contributed by atoms with van der Waals surface area (Å²) >= 11 is 9.27. The average molecular weight is 341 g/mol. The van der Waals surface area contributed by atoms with Crippen LogP contribution in [0.5, 0.6) is 5.75 Å². The molecule has 1 atom stereocenters. The number of rotatable bonds is 4. The van der Waals surface area contributed by atoms with Crippen LogP contribution in [0.3, 0.4) is 0 Å². The Morgan fingerprint density at radius 3 is 2.47 bits per heavy atom. The first-order valence-electron chi connectivity index (χ1n) is 5.54. The minimum Gasteiger partial charge on any atom is -0.476 e. The van der Waals surface area contributed by atoms with Gasteiger partial charge in [0.2, 0.25) is 6.10 Å². The highest BCUT2D eigenvalue weighted by Crippen LogP contribution is 2.29. The van der Waals surface area contributed by atoms with Crippen LogP contribution in [0.15, 0.2) is 53.0 Å². The van der Waals surface area contributed by atoms with Gasteiger partial charge in [-0.05, 0) is 34.1 Å². The van der Waals surface area contributed by atoms with Crippen LogP contribution in [-0.2, 0) is 4.79 Å².